The Balaban J connectivity index is 1.54. The van der Waals surface area contributed by atoms with Crippen molar-refractivity contribution < 1.29 is 4.74 Å². The fourth-order valence-corrected chi connectivity index (χ4v) is 2.98. The Kier molecular flexibility index (Phi) is 4.16. The molecule has 1 N–H and O–H groups in total. The van der Waals surface area contributed by atoms with Gasteiger partial charge in [0.25, 0.3) is 0 Å². The summed E-state index contributed by atoms with van der Waals surface area (Å²) in [7, 11) is 0. The third kappa shape index (κ3) is 3.24. The summed E-state index contributed by atoms with van der Waals surface area (Å²) in [5, 5.41) is 11.4. The number of ether oxygens (including phenoxy) is 1. The second-order valence-corrected chi connectivity index (χ2v) is 5.75. The summed E-state index contributed by atoms with van der Waals surface area (Å²) in [4.78, 5) is 6.79. The SMILES string of the molecule is CCOc1ccc(Nc2nncc(N3CCc4ccccc43)n2)cc1. The normalized spacial score (nSPS) is 12.8. The van der Waals surface area contributed by atoms with E-state index in [2.05, 4.69) is 43.6 Å². The van der Waals surface area contributed by atoms with Crippen LogP contribution in [0.5, 0.6) is 5.75 Å². The molecule has 6 heteroatoms. The number of para-hydroxylation sites is 1. The Bertz CT molecular complexity index is 866. The van der Waals surface area contributed by atoms with Gasteiger partial charge in [-0.2, -0.15) is 10.1 Å². The molecule has 1 aliphatic heterocycles. The predicted molar refractivity (Wildman–Crippen MR) is 97.9 cm³/mol. The second-order valence-electron chi connectivity index (χ2n) is 5.75. The minimum absolute atomic E-state index is 0.478. The van der Waals surface area contributed by atoms with Crippen LogP contribution in [0.4, 0.5) is 23.1 Å². The third-order valence-electron chi connectivity index (χ3n) is 4.13. The van der Waals surface area contributed by atoms with Gasteiger partial charge >= 0.3 is 0 Å². The van der Waals surface area contributed by atoms with Crippen molar-refractivity contribution in [1.82, 2.24) is 15.2 Å². The van der Waals surface area contributed by atoms with Crippen LogP contribution in [-0.2, 0) is 6.42 Å². The molecule has 1 aromatic heterocycles. The standard InChI is InChI=1S/C19H19N5O/c1-2-25-16-9-7-15(8-10-16)21-19-22-18(13-20-23-19)24-12-11-14-5-3-4-6-17(14)24/h3-10,13H,2,11-12H2,1H3,(H,21,22,23). The summed E-state index contributed by atoms with van der Waals surface area (Å²) in [6.45, 7) is 3.52. The Hall–Kier alpha value is -3.15. The van der Waals surface area contributed by atoms with Gasteiger partial charge in [0.05, 0.1) is 12.8 Å². The van der Waals surface area contributed by atoms with Gasteiger partial charge in [0, 0.05) is 17.9 Å². The predicted octanol–water partition coefficient (Wildman–Crippen LogP) is 3.71. The molecular formula is C19H19N5O. The van der Waals surface area contributed by atoms with Crippen molar-refractivity contribution in [1.29, 1.82) is 0 Å². The number of anilines is 4. The van der Waals surface area contributed by atoms with Gasteiger partial charge in [-0.05, 0) is 49.2 Å². The highest BCUT2D eigenvalue weighted by molar-refractivity contribution is 5.67. The summed E-state index contributed by atoms with van der Waals surface area (Å²) in [5.74, 6) is 2.12. The fourth-order valence-electron chi connectivity index (χ4n) is 2.98. The van der Waals surface area contributed by atoms with Crippen LogP contribution in [0, 0.1) is 0 Å². The maximum Gasteiger partial charge on any atom is 0.249 e. The lowest BCUT2D eigenvalue weighted by Gasteiger charge is -2.18. The molecule has 0 bridgehead atoms. The molecule has 25 heavy (non-hydrogen) atoms. The van der Waals surface area contributed by atoms with Gasteiger partial charge in [0.1, 0.15) is 5.75 Å². The molecule has 6 nitrogen and oxygen atoms in total. The molecular weight excluding hydrogens is 314 g/mol. The molecule has 0 saturated heterocycles. The van der Waals surface area contributed by atoms with Crippen LogP contribution in [0.3, 0.4) is 0 Å². The van der Waals surface area contributed by atoms with Crippen LogP contribution in [0.25, 0.3) is 0 Å². The van der Waals surface area contributed by atoms with Gasteiger partial charge in [0.15, 0.2) is 5.82 Å². The number of nitrogens with one attached hydrogen (secondary N) is 1. The van der Waals surface area contributed by atoms with E-state index in [1.807, 2.05) is 37.3 Å². The number of fused-ring (bicyclic) bond motifs is 1. The van der Waals surface area contributed by atoms with Crippen LogP contribution in [0.1, 0.15) is 12.5 Å². The van der Waals surface area contributed by atoms with Crippen LogP contribution < -0.4 is 15.0 Å². The molecule has 1 aliphatic rings. The Labute approximate surface area is 146 Å². The van der Waals surface area contributed by atoms with Gasteiger partial charge < -0.3 is 15.0 Å². The summed E-state index contributed by atoms with van der Waals surface area (Å²) in [6.07, 6.45) is 2.72. The molecule has 0 unspecified atom stereocenters. The lowest BCUT2D eigenvalue weighted by molar-refractivity contribution is 0.340. The summed E-state index contributed by atoms with van der Waals surface area (Å²) in [5.41, 5.74) is 3.42. The van der Waals surface area contributed by atoms with Gasteiger partial charge in [-0.1, -0.05) is 18.2 Å². The van der Waals surface area contributed by atoms with E-state index in [9.17, 15) is 0 Å². The van der Waals surface area contributed by atoms with Crippen molar-refractivity contribution in [2.75, 3.05) is 23.4 Å². The van der Waals surface area contributed by atoms with E-state index in [0.717, 1.165) is 30.2 Å². The molecule has 0 saturated carbocycles. The van der Waals surface area contributed by atoms with E-state index >= 15 is 0 Å². The maximum absolute atomic E-state index is 5.45. The molecule has 0 atom stereocenters. The van der Waals surface area contributed by atoms with Crippen molar-refractivity contribution >= 4 is 23.1 Å². The molecule has 0 fully saturated rings. The molecule has 2 heterocycles. The quantitative estimate of drug-likeness (QED) is 0.768. The first-order chi connectivity index (χ1) is 12.3. The van der Waals surface area contributed by atoms with Gasteiger partial charge in [0.2, 0.25) is 5.95 Å². The average Bonchev–Trinajstić information content (AvgIpc) is 3.08. The van der Waals surface area contributed by atoms with Crippen LogP contribution in [0.2, 0.25) is 0 Å². The Morgan fingerprint density at radius 1 is 1.12 bits per heavy atom. The lowest BCUT2D eigenvalue weighted by atomic mass is 10.2. The topological polar surface area (TPSA) is 63.2 Å². The van der Waals surface area contributed by atoms with Crippen LogP contribution in [0.15, 0.2) is 54.7 Å². The Morgan fingerprint density at radius 3 is 2.80 bits per heavy atom. The number of rotatable bonds is 5. The monoisotopic (exact) mass is 333 g/mol. The first-order valence-electron chi connectivity index (χ1n) is 8.38. The molecule has 126 valence electrons. The van der Waals surface area contributed by atoms with Gasteiger partial charge in [-0.15, -0.1) is 5.10 Å². The average molecular weight is 333 g/mol. The molecule has 0 amide bonds. The molecule has 0 radical (unpaired) electrons. The molecule has 4 rings (SSSR count). The summed E-state index contributed by atoms with van der Waals surface area (Å²) < 4.78 is 5.45. The van der Waals surface area contributed by atoms with E-state index in [1.54, 1.807) is 6.20 Å². The molecule has 3 aromatic rings. The van der Waals surface area contributed by atoms with Crippen molar-refractivity contribution in [3.05, 3.63) is 60.3 Å². The zero-order chi connectivity index (χ0) is 17.1. The number of hydrogen-bond acceptors (Lipinski definition) is 6. The number of benzene rings is 2. The Morgan fingerprint density at radius 2 is 1.96 bits per heavy atom. The van der Waals surface area contributed by atoms with E-state index < -0.39 is 0 Å². The van der Waals surface area contributed by atoms with Crippen LogP contribution >= 0.6 is 0 Å². The maximum atomic E-state index is 5.45. The van der Waals surface area contributed by atoms with E-state index in [0.29, 0.717) is 12.6 Å². The minimum Gasteiger partial charge on any atom is -0.494 e. The van der Waals surface area contributed by atoms with E-state index in [1.165, 1.54) is 11.3 Å². The van der Waals surface area contributed by atoms with Crippen molar-refractivity contribution in [2.24, 2.45) is 0 Å². The highest BCUT2D eigenvalue weighted by Gasteiger charge is 2.21. The smallest absolute Gasteiger partial charge is 0.249 e. The molecule has 0 spiro atoms. The van der Waals surface area contributed by atoms with Crippen LogP contribution in [-0.4, -0.2) is 28.3 Å². The third-order valence-corrected chi connectivity index (χ3v) is 4.13. The summed E-state index contributed by atoms with van der Waals surface area (Å²) in [6, 6.07) is 16.1. The van der Waals surface area contributed by atoms with Crippen molar-refractivity contribution in [3.8, 4) is 5.75 Å². The zero-order valence-corrected chi connectivity index (χ0v) is 14.0. The number of aromatic nitrogens is 3. The number of nitrogens with zero attached hydrogens (tertiary/aromatic N) is 4. The number of hydrogen-bond donors (Lipinski definition) is 1. The lowest BCUT2D eigenvalue weighted by Crippen LogP contribution is -2.16. The fraction of sp³-hybridized carbons (Fsp3) is 0.211. The first-order valence-corrected chi connectivity index (χ1v) is 8.38. The zero-order valence-electron chi connectivity index (χ0n) is 14.0. The summed E-state index contributed by atoms with van der Waals surface area (Å²) >= 11 is 0. The molecule has 2 aromatic carbocycles. The van der Waals surface area contributed by atoms with E-state index in [-0.39, 0.29) is 0 Å². The first kappa shape index (κ1) is 15.4. The second kappa shape index (κ2) is 6.76. The largest absolute Gasteiger partial charge is 0.494 e. The van der Waals surface area contributed by atoms with E-state index in [4.69, 9.17) is 4.74 Å². The highest BCUT2D eigenvalue weighted by Crippen LogP contribution is 2.33. The van der Waals surface area contributed by atoms with Crippen molar-refractivity contribution in [3.63, 3.8) is 0 Å². The van der Waals surface area contributed by atoms with Gasteiger partial charge in [-0.3, -0.25) is 0 Å². The molecule has 0 aliphatic carbocycles. The highest BCUT2D eigenvalue weighted by atomic mass is 16.5. The minimum atomic E-state index is 0.478. The van der Waals surface area contributed by atoms with Crippen molar-refractivity contribution in [2.45, 2.75) is 13.3 Å². The van der Waals surface area contributed by atoms with Gasteiger partial charge in [-0.25, -0.2) is 0 Å².